The van der Waals surface area contributed by atoms with Crippen molar-refractivity contribution < 1.29 is 8.42 Å². The summed E-state index contributed by atoms with van der Waals surface area (Å²) in [5.74, 6) is 0. The predicted octanol–water partition coefficient (Wildman–Crippen LogP) is 2.53. The van der Waals surface area contributed by atoms with Crippen molar-refractivity contribution in [2.24, 2.45) is 0 Å². The fraction of sp³-hybridized carbons (Fsp3) is 0.625. The van der Waals surface area contributed by atoms with Gasteiger partial charge in [-0.3, -0.25) is 0 Å². The maximum atomic E-state index is 12.3. The van der Waals surface area contributed by atoms with Gasteiger partial charge in [0.2, 0.25) is 0 Å². The van der Waals surface area contributed by atoms with Gasteiger partial charge in [0.25, 0.3) is 10.2 Å². The topological polar surface area (TPSA) is 61.4 Å². The zero-order valence-electron chi connectivity index (χ0n) is 13.8. The van der Waals surface area contributed by atoms with Crippen LogP contribution < -0.4 is 10.0 Å². The van der Waals surface area contributed by atoms with Crippen LogP contribution in [0.15, 0.2) is 24.3 Å². The number of nitrogens with one attached hydrogen (secondary N) is 2. The predicted molar refractivity (Wildman–Crippen MR) is 94.7 cm³/mol. The molecule has 0 aliphatic carbocycles. The molecule has 0 bridgehead atoms. The van der Waals surface area contributed by atoms with Gasteiger partial charge >= 0.3 is 0 Å². The van der Waals surface area contributed by atoms with Gasteiger partial charge in [0.15, 0.2) is 0 Å². The highest BCUT2D eigenvalue weighted by atomic mass is 35.5. The van der Waals surface area contributed by atoms with Gasteiger partial charge in [0.1, 0.15) is 0 Å². The fourth-order valence-corrected chi connectivity index (χ4v) is 3.93. The summed E-state index contributed by atoms with van der Waals surface area (Å²) < 4.78 is 28.5. The Balaban J connectivity index is 1.77. The van der Waals surface area contributed by atoms with Crippen molar-refractivity contribution in [2.75, 3.05) is 20.1 Å². The van der Waals surface area contributed by atoms with Crippen LogP contribution in [0.5, 0.6) is 0 Å². The van der Waals surface area contributed by atoms with Crippen LogP contribution in [-0.4, -0.2) is 38.4 Å². The molecule has 0 unspecified atom stereocenters. The van der Waals surface area contributed by atoms with E-state index >= 15 is 0 Å². The summed E-state index contributed by atoms with van der Waals surface area (Å²) in [4.78, 5) is 0. The Morgan fingerprint density at radius 2 is 2.04 bits per heavy atom. The highest BCUT2D eigenvalue weighted by Gasteiger charge is 2.27. The third kappa shape index (κ3) is 5.72. The summed E-state index contributed by atoms with van der Waals surface area (Å²) in [7, 11) is -1.83. The maximum Gasteiger partial charge on any atom is 0.279 e. The SMILES string of the molecule is CN(CCC[C@]1(C)CCCN1)S(=O)(=O)NCc1ccc(Cl)cc1. The fourth-order valence-electron chi connectivity index (χ4n) is 2.87. The normalized spacial score (nSPS) is 21.9. The molecule has 2 rings (SSSR count). The number of hydrogen-bond donors (Lipinski definition) is 2. The zero-order chi connectivity index (χ0) is 16.9. The van der Waals surface area contributed by atoms with Crippen LogP contribution in [0, 0.1) is 0 Å². The third-order valence-electron chi connectivity index (χ3n) is 4.44. The Hall–Kier alpha value is -0.660. The van der Waals surface area contributed by atoms with Crippen LogP contribution in [-0.2, 0) is 16.8 Å². The molecule has 1 aromatic rings. The van der Waals surface area contributed by atoms with E-state index in [1.165, 1.54) is 10.7 Å². The lowest BCUT2D eigenvalue weighted by Gasteiger charge is -2.25. The van der Waals surface area contributed by atoms with Gasteiger partial charge in [-0.25, -0.2) is 0 Å². The molecule has 1 aromatic carbocycles. The van der Waals surface area contributed by atoms with E-state index in [1.807, 2.05) is 12.1 Å². The summed E-state index contributed by atoms with van der Waals surface area (Å²) in [5.41, 5.74) is 1.05. The maximum absolute atomic E-state index is 12.3. The molecule has 0 radical (unpaired) electrons. The van der Waals surface area contributed by atoms with Crippen LogP contribution in [0.25, 0.3) is 0 Å². The van der Waals surface area contributed by atoms with E-state index in [0.717, 1.165) is 31.4 Å². The monoisotopic (exact) mass is 359 g/mol. The van der Waals surface area contributed by atoms with Crippen molar-refractivity contribution in [2.45, 2.75) is 44.7 Å². The molecule has 23 heavy (non-hydrogen) atoms. The average molecular weight is 360 g/mol. The molecule has 1 aliphatic heterocycles. The lowest BCUT2D eigenvalue weighted by Crippen LogP contribution is -2.40. The average Bonchev–Trinajstić information content (AvgIpc) is 2.93. The third-order valence-corrected chi connectivity index (χ3v) is 6.21. The standard InChI is InChI=1S/C16H26ClN3O2S/c1-16(9-3-11-18-16)10-4-12-20(2)23(21,22)19-13-14-5-7-15(17)8-6-14/h5-8,18-19H,3-4,9-13H2,1-2H3/t16-/m0/s1. The zero-order valence-corrected chi connectivity index (χ0v) is 15.4. The van der Waals surface area contributed by atoms with Crippen LogP contribution >= 0.6 is 11.6 Å². The van der Waals surface area contributed by atoms with Gasteiger partial charge in [-0.05, 0) is 56.8 Å². The highest BCUT2D eigenvalue weighted by molar-refractivity contribution is 7.87. The van der Waals surface area contributed by atoms with Gasteiger partial charge < -0.3 is 5.32 Å². The van der Waals surface area contributed by atoms with Gasteiger partial charge in [0, 0.05) is 30.7 Å². The Labute approximate surface area is 144 Å². The summed E-state index contributed by atoms with van der Waals surface area (Å²) in [5, 5.41) is 4.14. The molecule has 1 fully saturated rings. The molecule has 2 N–H and O–H groups in total. The molecule has 1 aliphatic rings. The van der Waals surface area contributed by atoms with E-state index in [0.29, 0.717) is 11.6 Å². The van der Waals surface area contributed by atoms with Crippen LogP contribution in [0.1, 0.15) is 38.2 Å². The molecule has 0 aromatic heterocycles. The van der Waals surface area contributed by atoms with Gasteiger partial charge in [-0.2, -0.15) is 17.4 Å². The van der Waals surface area contributed by atoms with E-state index < -0.39 is 10.2 Å². The van der Waals surface area contributed by atoms with Crippen LogP contribution in [0.4, 0.5) is 0 Å². The molecule has 1 atom stereocenters. The van der Waals surface area contributed by atoms with E-state index in [1.54, 1.807) is 19.2 Å². The summed E-state index contributed by atoms with van der Waals surface area (Å²) >= 11 is 5.82. The first-order valence-corrected chi connectivity index (χ1v) is 9.83. The Kier molecular flexibility index (Phi) is 6.45. The first kappa shape index (κ1) is 18.7. The quantitative estimate of drug-likeness (QED) is 0.749. The smallest absolute Gasteiger partial charge is 0.279 e. The number of halogens is 1. The summed E-state index contributed by atoms with van der Waals surface area (Å²) in [6.45, 7) is 4.07. The largest absolute Gasteiger partial charge is 0.312 e. The number of hydrogen-bond acceptors (Lipinski definition) is 3. The minimum Gasteiger partial charge on any atom is -0.312 e. The van der Waals surface area contributed by atoms with Gasteiger partial charge in [0.05, 0.1) is 0 Å². The Morgan fingerprint density at radius 3 is 2.65 bits per heavy atom. The molecule has 5 nitrogen and oxygen atoms in total. The van der Waals surface area contributed by atoms with E-state index in [2.05, 4.69) is 17.0 Å². The van der Waals surface area contributed by atoms with E-state index in [4.69, 9.17) is 11.6 Å². The molecule has 0 spiro atoms. The van der Waals surface area contributed by atoms with Crippen molar-refractivity contribution in [3.05, 3.63) is 34.9 Å². The number of benzene rings is 1. The minimum atomic E-state index is -3.45. The molecular weight excluding hydrogens is 334 g/mol. The number of rotatable bonds is 8. The molecule has 0 saturated carbocycles. The molecular formula is C16H26ClN3O2S. The van der Waals surface area contributed by atoms with Crippen LogP contribution in [0.2, 0.25) is 5.02 Å². The molecule has 7 heteroatoms. The lowest BCUT2D eigenvalue weighted by atomic mass is 9.94. The molecule has 130 valence electrons. The number of nitrogens with zero attached hydrogens (tertiary/aromatic N) is 1. The van der Waals surface area contributed by atoms with Crippen molar-refractivity contribution in [3.8, 4) is 0 Å². The van der Waals surface area contributed by atoms with Crippen molar-refractivity contribution in [3.63, 3.8) is 0 Å². The van der Waals surface area contributed by atoms with Gasteiger partial charge in [-0.15, -0.1) is 0 Å². The first-order valence-electron chi connectivity index (χ1n) is 8.01. The second-order valence-electron chi connectivity index (χ2n) is 6.47. The van der Waals surface area contributed by atoms with Gasteiger partial charge in [-0.1, -0.05) is 23.7 Å². The first-order chi connectivity index (χ1) is 10.8. The lowest BCUT2D eigenvalue weighted by molar-refractivity contribution is 0.350. The summed E-state index contributed by atoms with van der Waals surface area (Å²) in [6.07, 6.45) is 4.21. The van der Waals surface area contributed by atoms with E-state index in [-0.39, 0.29) is 12.1 Å². The minimum absolute atomic E-state index is 0.168. The van der Waals surface area contributed by atoms with Crippen molar-refractivity contribution >= 4 is 21.8 Å². The van der Waals surface area contributed by atoms with Crippen LogP contribution in [0.3, 0.4) is 0 Å². The second-order valence-corrected chi connectivity index (χ2v) is 8.77. The molecule has 1 saturated heterocycles. The highest BCUT2D eigenvalue weighted by Crippen LogP contribution is 2.23. The summed E-state index contributed by atoms with van der Waals surface area (Å²) in [6, 6.07) is 7.14. The Morgan fingerprint density at radius 1 is 1.35 bits per heavy atom. The van der Waals surface area contributed by atoms with E-state index in [9.17, 15) is 8.42 Å². The van der Waals surface area contributed by atoms with Crippen molar-refractivity contribution in [1.29, 1.82) is 0 Å². The molecule has 0 amide bonds. The van der Waals surface area contributed by atoms with Crippen molar-refractivity contribution in [1.82, 2.24) is 14.3 Å². The molecule has 1 heterocycles. The Bertz CT molecular complexity index is 598. The second kappa shape index (κ2) is 7.94.